The van der Waals surface area contributed by atoms with E-state index in [4.69, 9.17) is 0 Å². The number of anilines is 1. The first kappa shape index (κ1) is 18.4. The summed E-state index contributed by atoms with van der Waals surface area (Å²) in [6.07, 6.45) is 2.50. The Hall–Kier alpha value is -2.95. The van der Waals surface area contributed by atoms with Crippen LogP contribution in [0, 0.1) is 13.8 Å². The standard InChI is InChI=1S/C20H23N3O2/c1-15-8-9-18(16(2)14-15)22-19(24)10-11-20(25)23-21-13-12-17-6-4-3-5-7-17/h3-9,13-14H,10-12H2,1-2H3,(H,22,24)(H,23,25). The molecule has 0 atom stereocenters. The van der Waals surface area contributed by atoms with E-state index in [1.165, 1.54) is 0 Å². The molecule has 0 saturated heterocycles. The van der Waals surface area contributed by atoms with Crippen molar-refractivity contribution in [3.63, 3.8) is 0 Å². The SMILES string of the molecule is Cc1ccc(NC(=O)CCC(=O)NN=CCc2ccccc2)c(C)c1. The molecule has 0 radical (unpaired) electrons. The number of hydrogen-bond acceptors (Lipinski definition) is 3. The van der Waals surface area contributed by atoms with E-state index in [0.29, 0.717) is 6.42 Å². The molecule has 0 bridgehead atoms. The summed E-state index contributed by atoms with van der Waals surface area (Å²) in [7, 11) is 0. The lowest BCUT2D eigenvalue weighted by atomic mass is 10.1. The Bertz CT molecular complexity index is 755. The van der Waals surface area contributed by atoms with E-state index in [1.807, 2.05) is 62.4 Å². The third-order valence-corrected chi connectivity index (χ3v) is 3.69. The van der Waals surface area contributed by atoms with E-state index in [1.54, 1.807) is 6.21 Å². The molecule has 130 valence electrons. The van der Waals surface area contributed by atoms with Crippen LogP contribution in [0.5, 0.6) is 0 Å². The average Bonchev–Trinajstić information content (AvgIpc) is 2.60. The first-order chi connectivity index (χ1) is 12.0. The van der Waals surface area contributed by atoms with Crippen LogP contribution < -0.4 is 10.7 Å². The second-order valence-electron chi connectivity index (χ2n) is 5.90. The molecule has 0 aliphatic rings. The summed E-state index contributed by atoms with van der Waals surface area (Å²) in [4.78, 5) is 23.7. The summed E-state index contributed by atoms with van der Waals surface area (Å²) < 4.78 is 0. The molecule has 2 rings (SSSR count). The lowest BCUT2D eigenvalue weighted by Gasteiger charge is -2.08. The number of aryl methyl sites for hydroxylation is 2. The summed E-state index contributed by atoms with van der Waals surface area (Å²) in [6.45, 7) is 3.94. The van der Waals surface area contributed by atoms with Gasteiger partial charge in [-0.1, -0.05) is 48.0 Å². The number of nitrogens with one attached hydrogen (secondary N) is 2. The molecule has 5 nitrogen and oxygen atoms in total. The fraction of sp³-hybridized carbons (Fsp3) is 0.250. The first-order valence-electron chi connectivity index (χ1n) is 8.26. The van der Waals surface area contributed by atoms with Gasteiger partial charge in [0.1, 0.15) is 0 Å². The third-order valence-electron chi connectivity index (χ3n) is 3.69. The molecular formula is C20H23N3O2. The number of benzene rings is 2. The van der Waals surface area contributed by atoms with Crippen LogP contribution in [0.4, 0.5) is 5.69 Å². The Morgan fingerprint density at radius 3 is 2.44 bits per heavy atom. The minimum absolute atomic E-state index is 0.0966. The van der Waals surface area contributed by atoms with E-state index in [9.17, 15) is 9.59 Å². The van der Waals surface area contributed by atoms with Crippen LogP contribution >= 0.6 is 0 Å². The van der Waals surface area contributed by atoms with Gasteiger partial charge in [-0.15, -0.1) is 0 Å². The molecule has 0 spiro atoms. The molecule has 25 heavy (non-hydrogen) atoms. The van der Waals surface area contributed by atoms with Crippen molar-refractivity contribution in [2.24, 2.45) is 5.10 Å². The Kier molecular flexibility index (Phi) is 6.89. The number of hydrogen-bond donors (Lipinski definition) is 2. The highest BCUT2D eigenvalue weighted by molar-refractivity contribution is 5.93. The third kappa shape index (κ3) is 6.59. The molecule has 0 aliphatic carbocycles. The molecule has 2 aromatic carbocycles. The van der Waals surface area contributed by atoms with E-state index in [2.05, 4.69) is 15.8 Å². The first-order valence-corrected chi connectivity index (χ1v) is 8.26. The van der Waals surface area contributed by atoms with Crippen LogP contribution in [0.15, 0.2) is 53.6 Å². The normalized spacial score (nSPS) is 10.6. The van der Waals surface area contributed by atoms with Gasteiger partial charge in [0.25, 0.3) is 0 Å². The highest BCUT2D eigenvalue weighted by Crippen LogP contribution is 2.16. The topological polar surface area (TPSA) is 70.6 Å². The molecule has 2 N–H and O–H groups in total. The largest absolute Gasteiger partial charge is 0.326 e. The Morgan fingerprint density at radius 1 is 1.00 bits per heavy atom. The van der Waals surface area contributed by atoms with Crippen molar-refractivity contribution in [1.82, 2.24) is 5.43 Å². The van der Waals surface area contributed by atoms with E-state index >= 15 is 0 Å². The summed E-state index contributed by atoms with van der Waals surface area (Å²) in [5.41, 5.74) is 6.48. The van der Waals surface area contributed by atoms with Crippen LogP contribution in [0.1, 0.15) is 29.5 Å². The van der Waals surface area contributed by atoms with Crippen LogP contribution in [-0.2, 0) is 16.0 Å². The zero-order valence-corrected chi connectivity index (χ0v) is 14.6. The summed E-state index contributed by atoms with van der Waals surface area (Å²) in [5, 5.41) is 6.72. The maximum absolute atomic E-state index is 11.9. The molecule has 0 unspecified atom stereocenters. The van der Waals surface area contributed by atoms with Crippen molar-refractivity contribution >= 4 is 23.7 Å². The predicted octanol–water partition coefficient (Wildman–Crippen LogP) is 3.37. The summed E-state index contributed by atoms with van der Waals surface area (Å²) >= 11 is 0. The highest BCUT2D eigenvalue weighted by atomic mass is 16.2. The van der Waals surface area contributed by atoms with Crippen molar-refractivity contribution in [3.05, 3.63) is 65.2 Å². The van der Waals surface area contributed by atoms with Gasteiger partial charge in [0.2, 0.25) is 11.8 Å². The molecule has 0 aromatic heterocycles. The van der Waals surface area contributed by atoms with Gasteiger partial charge in [-0.05, 0) is 31.0 Å². The molecule has 0 fully saturated rings. The zero-order chi connectivity index (χ0) is 18.1. The van der Waals surface area contributed by atoms with Gasteiger partial charge in [0, 0.05) is 31.2 Å². The van der Waals surface area contributed by atoms with E-state index < -0.39 is 0 Å². The van der Waals surface area contributed by atoms with Crippen molar-refractivity contribution in [2.75, 3.05) is 5.32 Å². The van der Waals surface area contributed by atoms with E-state index in [0.717, 1.165) is 22.4 Å². The van der Waals surface area contributed by atoms with Crippen LogP contribution in [-0.4, -0.2) is 18.0 Å². The smallest absolute Gasteiger partial charge is 0.240 e. The Labute approximate surface area is 148 Å². The number of carbonyl (C=O) groups is 2. The van der Waals surface area contributed by atoms with Crippen molar-refractivity contribution in [2.45, 2.75) is 33.1 Å². The van der Waals surface area contributed by atoms with Gasteiger partial charge in [0.15, 0.2) is 0 Å². The average molecular weight is 337 g/mol. The second kappa shape index (κ2) is 9.37. The van der Waals surface area contributed by atoms with Crippen molar-refractivity contribution in [1.29, 1.82) is 0 Å². The van der Waals surface area contributed by atoms with Gasteiger partial charge in [-0.2, -0.15) is 5.10 Å². The van der Waals surface area contributed by atoms with Crippen molar-refractivity contribution < 1.29 is 9.59 Å². The fourth-order valence-electron chi connectivity index (χ4n) is 2.33. The molecule has 2 amide bonds. The molecule has 5 heteroatoms. The van der Waals surface area contributed by atoms with E-state index in [-0.39, 0.29) is 24.7 Å². The fourth-order valence-corrected chi connectivity index (χ4v) is 2.33. The van der Waals surface area contributed by atoms with Gasteiger partial charge in [-0.3, -0.25) is 9.59 Å². The highest BCUT2D eigenvalue weighted by Gasteiger charge is 2.08. The van der Waals surface area contributed by atoms with Crippen LogP contribution in [0.25, 0.3) is 0 Å². The minimum Gasteiger partial charge on any atom is -0.326 e. The monoisotopic (exact) mass is 337 g/mol. The minimum atomic E-state index is -0.278. The molecule has 2 aromatic rings. The van der Waals surface area contributed by atoms with Crippen molar-refractivity contribution in [3.8, 4) is 0 Å². The number of amides is 2. The number of carbonyl (C=O) groups excluding carboxylic acids is 2. The Morgan fingerprint density at radius 2 is 1.72 bits per heavy atom. The zero-order valence-electron chi connectivity index (χ0n) is 14.6. The maximum Gasteiger partial charge on any atom is 0.240 e. The molecule has 0 aliphatic heterocycles. The molecular weight excluding hydrogens is 314 g/mol. The van der Waals surface area contributed by atoms with Gasteiger partial charge in [0.05, 0.1) is 0 Å². The second-order valence-corrected chi connectivity index (χ2v) is 5.90. The van der Waals surface area contributed by atoms with Gasteiger partial charge < -0.3 is 5.32 Å². The molecule has 0 heterocycles. The van der Waals surface area contributed by atoms with Gasteiger partial charge in [-0.25, -0.2) is 5.43 Å². The molecule has 0 saturated carbocycles. The Balaban J connectivity index is 1.69. The van der Waals surface area contributed by atoms with Crippen LogP contribution in [0.3, 0.4) is 0 Å². The summed E-state index contributed by atoms with van der Waals surface area (Å²) in [6, 6.07) is 15.7. The van der Waals surface area contributed by atoms with Crippen LogP contribution in [0.2, 0.25) is 0 Å². The maximum atomic E-state index is 11.9. The number of hydrazone groups is 1. The summed E-state index contributed by atoms with van der Waals surface area (Å²) in [5.74, 6) is -0.463. The number of nitrogens with zero attached hydrogens (tertiary/aromatic N) is 1. The number of rotatable bonds is 7. The van der Waals surface area contributed by atoms with Gasteiger partial charge >= 0.3 is 0 Å². The predicted molar refractivity (Wildman–Crippen MR) is 101 cm³/mol. The lowest BCUT2D eigenvalue weighted by molar-refractivity contribution is -0.124. The quantitative estimate of drug-likeness (QED) is 0.601. The lowest BCUT2D eigenvalue weighted by Crippen LogP contribution is -2.21.